The summed E-state index contributed by atoms with van der Waals surface area (Å²) in [5.41, 5.74) is 0.786. The van der Waals surface area contributed by atoms with Crippen LogP contribution in [0.25, 0.3) is 0 Å². The molecule has 0 unspecified atom stereocenters. The van der Waals surface area contributed by atoms with Crippen molar-refractivity contribution in [3.05, 3.63) is 63.4 Å². The van der Waals surface area contributed by atoms with Gasteiger partial charge in [-0.25, -0.2) is 9.18 Å². The van der Waals surface area contributed by atoms with E-state index in [1.807, 2.05) is 0 Å². The first-order chi connectivity index (χ1) is 10.9. The van der Waals surface area contributed by atoms with E-state index in [1.165, 1.54) is 30.3 Å². The van der Waals surface area contributed by atoms with Crippen molar-refractivity contribution in [3.63, 3.8) is 0 Å². The maximum absolute atomic E-state index is 13.6. The summed E-state index contributed by atoms with van der Waals surface area (Å²) < 4.78 is 18.5. The van der Waals surface area contributed by atoms with Crippen molar-refractivity contribution in [2.24, 2.45) is 0 Å². The van der Waals surface area contributed by atoms with Crippen molar-refractivity contribution in [1.82, 2.24) is 0 Å². The molecule has 0 aliphatic rings. The molecule has 0 bridgehead atoms. The molecule has 0 saturated carbocycles. The van der Waals surface area contributed by atoms with E-state index >= 15 is 0 Å². The Morgan fingerprint density at radius 1 is 1.17 bits per heavy atom. The van der Waals surface area contributed by atoms with E-state index in [9.17, 15) is 14.0 Å². The summed E-state index contributed by atoms with van der Waals surface area (Å²) in [7, 11) is 0. The largest absolute Gasteiger partial charge is 0.452 e. The van der Waals surface area contributed by atoms with Gasteiger partial charge in [0.25, 0.3) is 5.91 Å². The molecule has 2 aromatic rings. The van der Waals surface area contributed by atoms with E-state index < -0.39 is 24.3 Å². The van der Waals surface area contributed by atoms with Gasteiger partial charge in [-0.05, 0) is 42.8 Å². The molecule has 1 amide bonds. The summed E-state index contributed by atoms with van der Waals surface area (Å²) in [6.07, 6.45) is 0. The molecule has 7 heteroatoms. The summed E-state index contributed by atoms with van der Waals surface area (Å²) in [6, 6.07) is 8.67. The van der Waals surface area contributed by atoms with Crippen LogP contribution in [-0.4, -0.2) is 18.5 Å². The summed E-state index contributed by atoms with van der Waals surface area (Å²) in [5, 5.41) is 2.79. The van der Waals surface area contributed by atoms with Gasteiger partial charge in [0.15, 0.2) is 6.61 Å². The minimum absolute atomic E-state index is 0.0115. The van der Waals surface area contributed by atoms with Gasteiger partial charge < -0.3 is 10.1 Å². The van der Waals surface area contributed by atoms with Crippen LogP contribution in [0.1, 0.15) is 15.9 Å². The van der Waals surface area contributed by atoms with Crippen LogP contribution >= 0.6 is 23.2 Å². The lowest BCUT2D eigenvalue weighted by Crippen LogP contribution is -2.21. The molecule has 0 atom stereocenters. The lowest BCUT2D eigenvalue weighted by atomic mass is 10.2. The van der Waals surface area contributed by atoms with Crippen molar-refractivity contribution < 1.29 is 18.7 Å². The minimum atomic E-state index is -0.794. The van der Waals surface area contributed by atoms with Crippen LogP contribution in [-0.2, 0) is 9.53 Å². The standard InChI is InChI=1S/C16H12Cl2FNO3/c1-9-2-5-14(13(19)6-9)20-15(21)8-23-16(22)11-7-10(17)3-4-12(11)18/h2-7H,8H2,1H3,(H,20,21). The molecule has 23 heavy (non-hydrogen) atoms. The second-order valence-corrected chi connectivity index (χ2v) is 5.58. The number of hydrogen-bond acceptors (Lipinski definition) is 3. The number of amides is 1. The second-order valence-electron chi connectivity index (χ2n) is 4.73. The molecule has 1 N–H and O–H groups in total. The van der Waals surface area contributed by atoms with Gasteiger partial charge in [0.2, 0.25) is 0 Å². The molecule has 120 valence electrons. The molecule has 0 radical (unpaired) electrons. The number of carbonyl (C=O) groups is 2. The number of halogens is 3. The van der Waals surface area contributed by atoms with Crippen molar-refractivity contribution in [2.75, 3.05) is 11.9 Å². The Labute approximate surface area is 142 Å². The van der Waals surface area contributed by atoms with Gasteiger partial charge in [0, 0.05) is 5.02 Å². The first-order valence-electron chi connectivity index (χ1n) is 6.55. The van der Waals surface area contributed by atoms with Crippen LogP contribution in [0.2, 0.25) is 10.0 Å². The third-order valence-electron chi connectivity index (χ3n) is 2.88. The molecule has 0 spiro atoms. The number of carbonyl (C=O) groups excluding carboxylic acids is 2. The summed E-state index contributed by atoms with van der Waals surface area (Å²) in [4.78, 5) is 23.6. The Morgan fingerprint density at radius 3 is 2.61 bits per heavy atom. The molecule has 0 aromatic heterocycles. The molecule has 2 aromatic carbocycles. The predicted octanol–water partition coefficient (Wildman–Crippen LogP) is 4.24. The van der Waals surface area contributed by atoms with Gasteiger partial charge in [-0.1, -0.05) is 29.3 Å². The zero-order valence-electron chi connectivity index (χ0n) is 12.0. The average molecular weight is 356 g/mol. The molecule has 2 rings (SSSR count). The van der Waals surface area contributed by atoms with Crippen LogP contribution in [0.15, 0.2) is 36.4 Å². The first kappa shape index (κ1) is 17.2. The summed E-state index contributed by atoms with van der Waals surface area (Å²) in [6.45, 7) is 1.15. The van der Waals surface area contributed by atoms with Crippen molar-refractivity contribution in [3.8, 4) is 0 Å². The fourth-order valence-corrected chi connectivity index (χ4v) is 2.14. The topological polar surface area (TPSA) is 55.4 Å². The number of rotatable bonds is 4. The quantitative estimate of drug-likeness (QED) is 0.834. The molecule has 0 fully saturated rings. The minimum Gasteiger partial charge on any atom is -0.452 e. The maximum Gasteiger partial charge on any atom is 0.340 e. The number of aryl methyl sites for hydroxylation is 1. The number of ether oxygens (including phenoxy) is 1. The van der Waals surface area contributed by atoms with Gasteiger partial charge in [0.1, 0.15) is 5.82 Å². The van der Waals surface area contributed by atoms with E-state index in [0.717, 1.165) is 5.56 Å². The highest BCUT2D eigenvalue weighted by Gasteiger charge is 2.15. The normalized spacial score (nSPS) is 10.3. The molecule has 0 saturated heterocycles. The van der Waals surface area contributed by atoms with E-state index in [-0.39, 0.29) is 16.3 Å². The number of benzene rings is 2. The molecular formula is C16H12Cl2FNO3. The number of esters is 1. The average Bonchev–Trinajstić information content (AvgIpc) is 2.50. The predicted molar refractivity (Wildman–Crippen MR) is 86.5 cm³/mol. The van der Waals surface area contributed by atoms with Gasteiger partial charge in [-0.3, -0.25) is 4.79 Å². The van der Waals surface area contributed by atoms with Crippen LogP contribution in [0, 0.1) is 12.7 Å². The fourth-order valence-electron chi connectivity index (χ4n) is 1.77. The molecule has 4 nitrogen and oxygen atoms in total. The molecular weight excluding hydrogens is 344 g/mol. The second kappa shape index (κ2) is 7.44. The Balaban J connectivity index is 1.96. The Kier molecular flexibility index (Phi) is 5.58. The Bertz CT molecular complexity index is 765. The lowest BCUT2D eigenvalue weighted by Gasteiger charge is -2.09. The fraction of sp³-hybridized carbons (Fsp3) is 0.125. The van der Waals surface area contributed by atoms with Crippen LogP contribution in [0.4, 0.5) is 10.1 Å². The molecule has 0 aliphatic carbocycles. The Hall–Kier alpha value is -2.11. The van der Waals surface area contributed by atoms with E-state index in [1.54, 1.807) is 13.0 Å². The number of anilines is 1. The van der Waals surface area contributed by atoms with E-state index in [0.29, 0.717) is 5.02 Å². The van der Waals surface area contributed by atoms with Crippen molar-refractivity contribution in [1.29, 1.82) is 0 Å². The smallest absolute Gasteiger partial charge is 0.340 e. The monoisotopic (exact) mass is 355 g/mol. The summed E-state index contributed by atoms with van der Waals surface area (Å²) in [5.74, 6) is -2.03. The van der Waals surface area contributed by atoms with Gasteiger partial charge >= 0.3 is 5.97 Å². The first-order valence-corrected chi connectivity index (χ1v) is 7.30. The third kappa shape index (κ3) is 4.68. The third-order valence-corrected chi connectivity index (χ3v) is 3.45. The van der Waals surface area contributed by atoms with Gasteiger partial charge in [0.05, 0.1) is 16.3 Å². The molecule has 0 heterocycles. The maximum atomic E-state index is 13.6. The SMILES string of the molecule is Cc1ccc(NC(=O)COC(=O)c2cc(Cl)ccc2Cl)c(F)c1. The highest BCUT2D eigenvalue weighted by Crippen LogP contribution is 2.21. The number of nitrogens with one attached hydrogen (secondary N) is 1. The zero-order chi connectivity index (χ0) is 17.0. The van der Waals surface area contributed by atoms with Crippen LogP contribution < -0.4 is 5.32 Å². The highest BCUT2D eigenvalue weighted by molar-refractivity contribution is 6.35. The molecule has 0 aliphatic heterocycles. The highest BCUT2D eigenvalue weighted by atomic mass is 35.5. The lowest BCUT2D eigenvalue weighted by molar-refractivity contribution is -0.119. The van der Waals surface area contributed by atoms with Crippen molar-refractivity contribution >= 4 is 40.8 Å². The zero-order valence-corrected chi connectivity index (χ0v) is 13.5. The van der Waals surface area contributed by atoms with E-state index in [4.69, 9.17) is 27.9 Å². The Morgan fingerprint density at radius 2 is 1.91 bits per heavy atom. The van der Waals surface area contributed by atoms with Gasteiger partial charge in [-0.2, -0.15) is 0 Å². The van der Waals surface area contributed by atoms with Crippen molar-refractivity contribution in [2.45, 2.75) is 6.92 Å². The van der Waals surface area contributed by atoms with Crippen LogP contribution in [0.3, 0.4) is 0 Å². The van der Waals surface area contributed by atoms with Gasteiger partial charge in [-0.15, -0.1) is 0 Å². The van der Waals surface area contributed by atoms with Crippen LogP contribution in [0.5, 0.6) is 0 Å². The summed E-state index contributed by atoms with van der Waals surface area (Å²) >= 11 is 11.6. The van der Waals surface area contributed by atoms with E-state index in [2.05, 4.69) is 5.32 Å². The number of hydrogen-bond donors (Lipinski definition) is 1.